The molecular weight excluding hydrogens is 435 g/mol. The molecule has 2 amide bonds. The fourth-order valence-electron chi connectivity index (χ4n) is 5.13. The lowest BCUT2D eigenvalue weighted by Gasteiger charge is -2.36. The Morgan fingerprint density at radius 2 is 1.88 bits per heavy atom. The van der Waals surface area contributed by atoms with E-state index in [0.29, 0.717) is 11.3 Å². The zero-order valence-corrected chi connectivity index (χ0v) is 18.0. The van der Waals surface area contributed by atoms with Crippen molar-refractivity contribution in [1.29, 1.82) is 0 Å². The number of benzene rings is 2. The summed E-state index contributed by atoms with van der Waals surface area (Å²) in [5.74, 6) is -3.05. The number of methoxy groups -OCH3 is 1. The van der Waals surface area contributed by atoms with Crippen molar-refractivity contribution < 1.29 is 23.5 Å². The highest BCUT2D eigenvalue weighted by Crippen LogP contribution is 2.49. The zero-order valence-electron chi connectivity index (χ0n) is 17.2. The van der Waals surface area contributed by atoms with Crippen molar-refractivity contribution in [3.8, 4) is 0 Å². The van der Waals surface area contributed by atoms with Crippen LogP contribution in [-0.2, 0) is 14.3 Å². The van der Waals surface area contributed by atoms with E-state index in [9.17, 15) is 18.8 Å². The van der Waals surface area contributed by atoms with E-state index in [-0.39, 0.29) is 35.4 Å². The minimum absolute atomic E-state index is 0.131. The van der Waals surface area contributed by atoms with E-state index in [2.05, 4.69) is 0 Å². The summed E-state index contributed by atoms with van der Waals surface area (Å²) in [7, 11) is 1.50. The molecule has 8 heteroatoms. The molecule has 2 fully saturated rings. The topological polar surface area (TPSA) is 66.9 Å². The predicted octanol–water partition coefficient (Wildman–Crippen LogP) is 3.19. The highest BCUT2D eigenvalue weighted by atomic mass is 35.5. The number of ether oxygens (including phenoxy) is 1. The second-order valence-electron chi connectivity index (χ2n) is 8.12. The first-order valence-corrected chi connectivity index (χ1v) is 10.7. The third-order valence-electron chi connectivity index (χ3n) is 6.49. The molecule has 164 valence electrons. The van der Waals surface area contributed by atoms with Gasteiger partial charge in [0.25, 0.3) is 0 Å². The summed E-state index contributed by atoms with van der Waals surface area (Å²) in [4.78, 5) is 43.5. The predicted molar refractivity (Wildman–Crippen MR) is 117 cm³/mol. The van der Waals surface area contributed by atoms with Gasteiger partial charge in [0, 0.05) is 23.9 Å². The average molecular weight is 455 g/mol. The Kier molecular flexibility index (Phi) is 5.10. The monoisotopic (exact) mass is 454 g/mol. The number of fused-ring (bicyclic) bond motifs is 5. The number of likely N-dealkylation sites (tertiary alicyclic amines) is 1. The van der Waals surface area contributed by atoms with Gasteiger partial charge in [-0.15, -0.1) is 0 Å². The van der Waals surface area contributed by atoms with Crippen LogP contribution in [0.3, 0.4) is 0 Å². The van der Waals surface area contributed by atoms with Gasteiger partial charge in [-0.25, -0.2) is 4.39 Å². The van der Waals surface area contributed by atoms with Crippen molar-refractivity contribution in [2.24, 2.45) is 11.8 Å². The zero-order chi connectivity index (χ0) is 22.6. The Morgan fingerprint density at radius 3 is 2.62 bits per heavy atom. The fourth-order valence-corrected chi connectivity index (χ4v) is 5.36. The molecule has 0 saturated carbocycles. The standard InChI is InChI=1S/C24H20ClFN2O4/c1-32-11-10-27-23(30)19-18-8-6-13-12-14(26)7-9-17(13)28(18)21(20(19)24(27)31)22(29)15-4-2-3-5-16(15)25/h2-9,12,18-21H,10-11H2,1H3/t18-,19+,20+,21+/m1/s1. The Labute approximate surface area is 189 Å². The van der Waals surface area contributed by atoms with E-state index in [1.807, 2.05) is 0 Å². The summed E-state index contributed by atoms with van der Waals surface area (Å²) >= 11 is 6.32. The summed E-state index contributed by atoms with van der Waals surface area (Å²) < 4.78 is 18.9. The molecule has 0 aliphatic carbocycles. The molecule has 32 heavy (non-hydrogen) atoms. The summed E-state index contributed by atoms with van der Waals surface area (Å²) in [6, 6.07) is 9.49. The van der Waals surface area contributed by atoms with E-state index in [4.69, 9.17) is 16.3 Å². The molecule has 3 aliphatic heterocycles. The number of Topliss-reactive ketones (excluding diaryl/α,β-unsaturated/α-hetero) is 1. The molecular formula is C24H20ClFN2O4. The highest BCUT2D eigenvalue weighted by Gasteiger charge is 2.63. The second kappa shape index (κ2) is 7.83. The molecule has 2 aromatic carbocycles. The van der Waals surface area contributed by atoms with Gasteiger partial charge in [-0.2, -0.15) is 0 Å². The molecule has 2 aromatic rings. The lowest BCUT2D eigenvalue weighted by molar-refractivity contribution is -0.141. The first-order chi connectivity index (χ1) is 15.4. The van der Waals surface area contributed by atoms with Crippen molar-refractivity contribution in [2.75, 3.05) is 25.2 Å². The van der Waals surface area contributed by atoms with E-state index in [0.717, 1.165) is 0 Å². The molecule has 0 aromatic heterocycles. The minimum atomic E-state index is -0.942. The van der Waals surface area contributed by atoms with Crippen LogP contribution in [0.2, 0.25) is 5.02 Å². The smallest absolute Gasteiger partial charge is 0.235 e. The minimum Gasteiger partial charge on any atom is -0.383 e. The van der Waals surface area contributed by atoms with Gasteiger partial charge in [0.1, 0.15) is 11.9 Å². The highest BCUT2D eigenvalue weighted by molar-refractivity contribution is 6.34. The summed E-state index contributed by atoms with van der Waals surface area (Å²) in [6.45, 7) is 0.346. The van der Waals surface area contributed by atoms with Crippen LogP contribution in [0.1, 0.15) is 15.9 Å². The number of hydrogen-bond acceptors (Lipinski definition) is 5. The molecule has 4 atom stereocenters. The lowest BCUT2D eigenvalue weighted by Crippen LogP contribution is -2.49. The molecule has 6 nitrogen and oxygen atoms in total. The Hall–Kier alpha value is -3.03. The SMILES string of the molecule is COCCN1C(=O)[C@@H]2[C@H](C1=O)[C@@H](C(=O)c1ccccc1Cl)N1c3ccc(F)cc3C=C[C@H]21. The normalized spacial score (nSPS) is 25.7. The van der Waals surface area contributed by atoms with Crippen LogP contribution in [0.4, 0.5) is 10.1 Å². The lowest BCUT2D eigenvalue weighted by atomic mass is 9.86. The number of ketones is 1. The average Bonchev–Trinajstić information content (AvgIpc) is 3.25. The number of carbonyl (C=O) groups is 3. The fraction of sp³-hybridized carbons (Fsp3) is 0.292. The first-order valence-electron chi connectivity index (χ1n) is 10.3. The van der Waals surface area contributed by atoms with Crippen molar-refractivity contribution in [1.82, 2.24) is 4.90 Å². The maximum absolute atomic E-state index is 13.9. The molecule has 0 radical (unpaired) electrons. The van der Waals surface area contributed by atoms with Crippen LogP contribution in [0.25, 0.3) is 6.08 Å². The molecule has 3 aliphatic rings. The summed E-state index contributed by atoms with van der Waals surface area (Å²) in [6.07, 6.45) is 3.53. The molecule has 0 unspecified atom stereocenters. The van der Waals surface area contributed by atoms with Crippen molar-refractivity contribution in [3.63, 3.8) is 0 Å². The number of anilines is 1. The second-order valence-corrected chi connectivity index (χ2v) is 8.53. The van der Waals surface area contributed by atoms with Crippen LogP contribution in [0.15, 0.2) is 48.5 Å². The molecule has 0 spiro atoms. The van der Waals surface area contributed by atoms with Crippen LogP contribution in [0, 0.1) is 17.7 Å². The number of imide groups is 1. The Bertz CT molecular complexity index is 1170. The third-order valence-corrected chi connectivity index (χ3v) is 6.82. The van der Waals surface area contributed by atoms with Crippen molar-refractivity contribution in [2.45, 2.75) is 12.1 Å². The molecule has 2 saturated heterocycles. The van der Waals surface area contributed by atoms with Crippen molar-refractivity contribution in [3.05, 3.63) is 70.5 Å². The van der Waals surface area contributed by atoms with Gasteiger partial charge < -0.3 is 9.64 Å². The molecule has 3 heterocycles. The number of carbonyl (C=O) groups excluding carboxylic acids is 3. The largest absolute Gasteiger partial charge is 0.383 e. The summed E-state index contributed by atoms with van der Waals surface area (Å²) in [5.41, 5.74) is 1.49. The van der Waals surface area contributed by atoms with E-state index in [1.165, 1.54) is 24.1 Å². The third kappa shape index (κ3) is 2.99. The van der Waals surface area contributed by atoms with E-state index < -0.39 is 35.6 Å². The number of rotatable bonds is 5. The Morgan fingerprint density at radius 1 is 1.12 bits per heavy atom. The van der Waals surface area contributed by atoms with Gasteiger partial charge in [0.05, 0.1) is 36.1 Å². The molecule has 5 rings (SSSR count). The maximum atomic E-state index is 13.9. The van der Waals surface area contributed by atoms with Gasteiger partial charge in [-0.05, 0) is 30.3 Å². The van der Waals surface area contributed by atoms with Crippen LogP contribution < -0.4 is 4.90 Å². The van der Waals surface area contributed by atoms with Gasteiger partial charge >= 0.3 is 0 Å². The van der Waals surface area contributed by atoms with Crippen LogP contribution >= 0.6 is 11.6 Å². The quantitative estimate of drug-likeness (QED) is 0.512. The summed E-state index contributed by atoms with van der Waals surface area (Å²) in [5, 5.41) is 0.275. The van der Waals surface area contributed by atoms with E-state index >= 15 is 0 Å². The van der Waals surface area contributed by atoms with Crippen LogP contribution in [0.5, 0.6) is 0 Å². The van der Waals surface area contributed by atoms with E-state index in [1.54, 1.807) is 47.4 Å². The van der Waals surface area contributed by atoms with Gasteiger partial charge in [0.15, 0.2) is 5.78 Å². The van der Waals surface area contributed by atoms with Crippen LogP contribution in [-0.4, -0.2) is 54.8 Å². The number of halogens is 2. The number of amides is 2. The van der Waals surface area contributed by atoms with Gasteiger partial charge in [0.2, 0.25) is 11.8 Å². The Balaban J connectivity index is 1.64. The molecule has 0 bridgehead atoms. The number of nitrogens with zero attached hydrogens (tertiary/aromatic N) is 2. The van der Waals surface area contributed by atoms with Gasteiger partial charge in [-0.3, -0.25) is 19.3 Å². The maximum Gasteiger partial charge on any atom is 0.235 e. The number of hydrogen-bond donors (Lipinski definition) is 0. The van der Waals surface area contributed by atoms with Gasteiger partial charge in [-0.1, -0.05) is 35.9 Å². The first kappa shape index (κ1) is 20.8. The molecule has 0 N–H and O–H groups in total. The van der Waals surface area contributed by atoms with Crippen molar-refractivity contribution >= 4 is 41.0 Å².